The molecule has 5 nitrogen and oxygen atoms in total. The van der Waals surface area contributed by atoms with Gasteiger partial charge in [0.25, 0.3) is 5.91 Å². The smallest absolute Gasteiger partial charge is 0.264 e. The van der Waals surface area contributed by atoms with Crippen LogP contribution in [-0.4, -0.2) is 18.2 Å². The number of amides is 1. The number of hydrogen-bond acceptors (Lipinski definition) is 5. The molecule has 8 heteroatoms. The molecule has 0 spiro atoms. The van der Waals surface area contributed by atoms with Gasteiger partial charge < -0.3 is 14.8 Å². The van der Waals surface area contributed by atoms with Gasteiger partial charge in [-0.1, -0.05) is 56.1 Å². The first-order valence-electron chi connectivity index (χ1n) is 10.0. The number of halogens is 2. The van der Waals surface area contributed by atoms with E-state index in [4.69, 9.17) is 9.47 Å². The molecular formula is C25H20Br2N2O3S. The maximum absolute atomic E-state index is 12.4. The van der Waals surface area contributed by atoms with Gasteiger partial charge >= 0.3 is 0 Å². The molecule has 1 aliphatic rings. The first-order valence-corrected chi connectivity index (χ1v) is 12.4. The zero-order valence-corrected chi connectivity index (χ0v) is 21.9. The normalized spacial score (nSPS) is 15.7. The number of methoxy groups -OCH3 is 1. The lowest BCUT2D eigenvalue weighted by molar-refractivity contribution is -0.115. The third kappa shape index (κ3) is 6.07. The highest BCUT2D eigenvalue weighted by Crippen LogP contribution is 2.33. The van der Waals surface area contributed by atoms with Crippen LogP contribution in [0.3, 0.4) is 0 Å². The van der Waals surface area contributed by atoms with E-state index in [0.717, 1.165) is 31.3 Å². The minimum Gasteiger partial charge on any atom is -0.493 e. The van der Waals surface area contributed by atoms with E-state index in [1.165, 1.54) is 11.8 Å². The number of carbonyl (C=O) groups excluding carboxylic acids is 1. The van der Waals surface area contributed by atoms with Crippen LogP contribution in [0.5, 0.6) is 11.5 Å². The molecule has 0 saturated carbocycles. The van der Waals surface area contributed by atoms with Crippen LogP contribution >= 0.6 is 43.6 Å². The summed E-state index contributed by atoms with van der Waals surface area (Å²) in [6.45, 7) is 2.40. The number of amidine groups is 1. The Bertz CT molecular complexity index is 1270. The summed E-state index contributed by atoms with van der Waals surface area (Å²) in [5, 5.41) is 3.38. The van der Waals surface area contributed by atoms with E-state index < -0.39 is 0 Å². The molecule has 0 aliphatic carbocycles. The van der Waals surface area contributed by atoms with Crippen LogP contribution in [0.25, 0.3) is 6.08 Å². The van der Waals surface area contributed by atoms with E-state index in [2.05, 4.69) is 42.2 Å². The SMILES string of the molecule is COc1cc(/C=C2\SC(=Nc3cccc(C)c3)NC2=O)ccc1OCc1ccc(Br)cc1Br. The Morgan fingerprint density at radius 1 is 1.06 bits per heavy atom. The second-order valence-corrected chi connectivity index (χ2v) is 10.1. The number of aliphatic imine (C=N–C) groups is 1. The maximum atomic E-state index is 12.4. The lowest BCUT2D eigenvalue weighted by atomic mass is 10.2. The number of nitrogens with one attached hydrogen (secondary N) is 1. The number of carbonyl (C=O) groups is 1. The largest absolute Gasteiger partial charge is 0.493 e. The summed E-state index contributed by atoms with van der Waals surface area (Å²) in [5.74, 6) is 1.04. The molecule has 4 rings (SSSR count). The average Bonchev–Trinajstić information content (AvgIpc) is 3.12. The number of benzene rings is 3. The standard InChI is InChI=1S/C25H20Br2N2O3S/c1-15-4-3-5-19(10-15)28-25-29-24(30)23(33-25)12-16-6-9-21(22(11-16)31-2)32-14-17-7-8-18(26)13-20(17)27/h3-13H,14H2,1-2H3,(H,28,29,30)/b23-12-. The molecule has 3 aromatic carbocycles. The Labute approximate surface area is 213 Å². The molecule has 0 aromatic heterocycles. The van der Waals surface area contributed by atoms with E-state index in [9.17, 15) is 4.79 Å². The van der Waals surface area contributed by atoms with Crippen LogP contribution < -0.4 is 14.8 Å². The van der Waals surface area contributed by atoms with Crippen molar-refractivity contribution in [3.05, 3.63) is 91.2 Å². The van der Waals surface area contributed by atoms with Gasteiger partial charge in [-0.05, 0) is 72.3 Å². The summed E-state index contributed by atoms with van der Waals surface area (Å²) in [6.07, 6.45) is 1.82. The van der Waals surface area contributed by atoms with Gasteiger partial charge in [0.15, 0.2) is 16.7 Å². The molecule has 168 valence electrons. The first-order chi connectivity index (χ1) is 15.9. The molecule has 0 atom stereocenters. The van der Waals surface area contributed by atoms with Crippen molar-refractivity contribution in [2.45, 2.75) is 13.5 Å². The molecule has 3 aromatic rings. The number of hydrogen-bond donors (Lipinski definition) is 1. The molecule has 1 heterocycles. The van der Waals surface area contributed by atoms with E-state index in [1.54, 1.807) is 7.11 Å². The molecule has 1 fully saturated rings. The summed E-state index contributed by atoms with van der Waals surface area (Å²) in [6, 6.07) is 19.4. The van der Waals surface area contributed by atoms with Gasteiger partial charge in [-0.15, -0.1) is 0 Å². The number of rotatable bonds is 6. The predicted molar refractivity (Wildman–Crippen MR) is 141 cm³/mol. The molecule has 1 saturated heterocycles. The van der Waals surface area contributed by atoms with Gasteiger partial charge in [0.05, 0.1) is 17.7 Å². The minimum atomic E-state index is -0.175. The van der Waals surface area contributed by atoms with Crippen LogP contribution in [-0.2, 0) is 11.4 Å². The van der Waals surface area contributed by atoms with Gasteiger partial charge in [0, 0.05) is 14.5 Å². The third-order valence-corrected chi connectivity index (χ3v) is 6.91. The van der Waals surface area contributed by atoms with Gasteiger partial charge in [-0.3, -0.25) is 4.79 Å². The van der Waals surface area contributed by atoms with E-state index in [0.29, 0.717) is 28.2 Å². The van der Waals surface area contributed by atoms with Crippen molar-refractivity contribution < 1.29 is 14.3 Å². The molecule has 0 radical (unpaired) electrons. The molecule has 1 amide bonds. The maximum Gasteiger partial charge on any atom is 0.264 e. The van der Waals surface area contributed by atoms with Gasteiger partial charge in [0.1, 0.15) is 6.61 Å². The third-order valence-electron chi connectivity index (χ3n) is 4.77. The van der Waals surface area contributed by atoms with Gasteiger partial charge in [-0.2, -0.15) is 0 Å². The van der Waals surface area contributed by atoms with E-state index in [-0.39, 0.29) is 5.91 Å². The van der Waals surface area contributed by atoms with Crippen molar-refractivity contribution in [2.24, 2.45) is 4.99 Å². The Morgan fingerprint density at radius 2 is 1.91 bits per heavy atom. The summed E-state index contributed by atoms with van der Waals surface area (Å²) < 4.78 is 13.5. The molecular weight excluding hydrogens is 568 g/mol. The quantitative estimate of drug-likeness (QED) is 0.315. The summed E-state index contributed by atoms with van der Waals surface area (Å²) >= 11 is 8.32. The monoisotopic (exact) mass is 586 g/mol. The summed E-state index contributed by atoms with van der Waals surface area (Å²) in [4.78, 5) is 17.5. The molecule has 1 N–H and O–H groups in total. The van der Waals surface area contributed by atoms with Crippen molar-refractivity contribution in [2.75, 3.05) is 7.11 Å². The summed E-state index contributed by atoms with van der Waals surface area (Å²) in [7, 11) is 1.60. The van der Waals surface area contributed by atoms with Crippen molar-refractivity contribution in [3.63, 3.8) is 0 Å². The molecule has 0 bridgehead atoms. The van der Waals surface area contributed by atoms with E-state index in [1.807, 2.05) is 73.7 Å². The average molecular weight is 588 g/mol. The van der Waals surface area contributed by atoms with Crippen molar-refractivity contribution in [1.29, 1.82) is 0 Å². The van der Waals surface area contributed by atoms with Gasteiger partial charge in [-0.25, -0.2) is 4.99 Å². The van der Waals surface area contributed by atoms with Gasteiger partial charge in [0.2, 0.25) is 0 Å². The molecule has 0 unspecified atom stereocenters. The van der Waals surface area contributed by atoms with Crippen LogP contribution in [0.15, 0.2) is 79.5 Å². The fraction of sp³-hybridized carbons (Fsp3) is 0.120. The topological polar surface area (TPSA) is 59.9 Å². The van der Waals surface area contributed by atoms with Crippen LogP contribution in [0.1, 0.15) is 16.7 Å². The lowest BCUT2D eigenvalue weighted by Crippen LogP contribution is -2.19. The van der Waals surface area contributed by atoms with Crippen molar-refractivity contribution in [1.82, 2.24) is 5.32 Å². The second kappa shape index (κ2) is 10.6. The highest BCUT2D eigenvalue weighted by molar-refractivity contribution is 9.11. The zero-order valence-electron chi connectivity index (χ0n) is 17.9. The zero-order chi connectivity index (χ0) is 23.4. The van der Waals surface area contributed by atoms with Crippen LogP contribution in [0.2, 0.25) is 0 Å². The van der Waals surface area contributed by atoms with Crippen LogP contribution in [0.4, 0.5) is 5.69 Å². The minimum absolute atomic E-state index is 0.175. The Kier molecular flexibility index (Phi) is 7.57. The lowest BCUT2D eigenvalue weighted by Gasteiger charge is -2.12. The van der Waals surface area contributed by atoms with Crippen molar-refractivity contribution >= 4 is 66.5 Å². The number of aryl methyl sites for hydroxylation is 1. The Morgan fingerprint density at radius 3 is 2.67 bits per heavy atom. The molecule has 1 aliphatic heterocycles. The number of thioether (sulfide) groups is 1. The first kappa shape index (κ1) is 23.6. The van der Waals surface area contributed by atoms with Crippen molar-refractivity contribution in [3.8, 4) is 11.5 Å². The number of nitrogens with zero attached hydrogens (tertiary/aromatic N) is 1. The highest BCUT2D eigenvalue weighted by atomic mass is 79.9. The Balaban J connectivity index is 1.49. The Hall–Kier alpha value is -2.55. The predicted octanol–water partition coefficient (Wildman–Crippen LogP) is 7.00. The fourth-order valence-corrected chi connectivity index (χ4v) is 5.14. The molecule has 33 heavy (non-hydrogen) atoms. The number of ether oxygens (including phenoxy) is 2. The summed E-state index contributed by atoms with van der Waals surface area (Å²) in [5.41, 5.74) is 3.77. The van der Waals surface area contributed by atoms with Crippen LogP contribution in [0, 0.1) is 6.92 Å². The second-order valence-electron chi connectivity index (χ2n) is 7.26. The fourth-order valence-electron chi connectivity index (χ4n) is 3.13. The van der Waals surface area contributed by atoms with E-state index >= 15 is 0 Å². The highest BCUT2D eigenvalue weighted by Gasteiger charge is 2.24.